The quantitative estimate of drug-likeness (QED) is 0.815. The van der Waals surface area contributed by atoms with Gasteiger partial charge in [0.1, 0.15) is 0 Å². The van der Waals surface area contributed by atoms with Gasteiger partial charge in [-0.2, -0.15) is 0 Å². The summed E-state index contributed by atoms with van der Waals surface area (Å²) >= 11 is 0. The second kappa shape index (κ2) is 7.40. The molecule has 1 unspecified atom stereocenters. The Bertz CT molecular complexity index is 586. The van der Waals surface area contributed by atoms with Crippen molar-refractivity contribution in [3.63, 3.8) is 0 Å². The molecule has 2 heterocycles. The summed E-state index contributed by atoms with van der Waals surface area (Å²) in [5, 5.41) is 3.48. The van der Waals surface area contributed by atoms with Crippen LogP contribution in [0.1, 0.15) is 17.2 Å². The Kier molecular flexibility index (Phi) is 5.55. The van der Waals surface area contributed by atoms with E-state index in [4.69, 9.17) is 0 Å². The Balaban J connectivity index is 0.00000161. The number of hydrogen-bond acceptors (Lipinski definition) is 4. The molecule has 1 aromatic heterocycles. The van der Waals surface area contributed by atoms with Crippen LogP contribution in [0.25, 0.3) is 0 Å². The lowest BCUT2D eigenvalue weighted by Gasteiger charge is -2.21. The highest BCUT2D eigenvalue weighted by Crippen LogP contribution is 2.17. The van der Waals surface area contributed by atoms with Gasteiger partial charge in [0.25, 0.3) is 0 Å². The average molecular weight is 394 g/mol. The summed E-state index contributed by atoms with van der Waals surface area (Å²) < 4.78 is 0. The van der Waals surface area contributed by atoms with Crippen molar-refractivity contribution in [2.24, 2.45) is 4.99 Å². The molecule has 21 heavy (non-hydrogen) atoms. The van der Waals surface area contributed by atoms with Crippen LogP contribution in [0.3, 0.4) is 0 Å². The molecule has 1 aliphatic rings. The lowest BCUT2D eigenvalue weighted by Crippen LogP contribution is -2.36. The van der Waals surface area contributed by atoms with Gasteiger partial charge >= 0.3 is 0 Å². The average Bonchev–Trinajstić information content (AvgIpc) is 2.99. The van der Waals surface area contributed by atoms with Crippen LogP contribution in [-0.4, -0.2) is 29.4 Å². The number of benzene rings is 1. The van der Waals surface area contributed by atoms with Crippen molar-refractivity contribution in [2.75, 3.05) is 13.6 Å². The molecular weight excluding hydrogens is 375 g/mol. The first-order chi connectivity index (χ1) is 9.83. The molecule has 0 spiro atoms. The van der Waals surface area contributed by atoms with Crippen molar-refractivity contribution in [3.8, 4) is 0 Å². The van der Waals surface area contributed by atoms with Crippen LogP contribution in [0, 0.1) is 0 Å². The molecular formula is C16H19IN4. The van der Waals surface area contributed by atoms with E-state index in [0.29, 0.717) is 0 Å². The van der Waals surface area contributed by atoms with Crippen molar-refractivity contribution in [1.82, 2.24) is 15.2 Å². The first kappa shape index (κ1) is 15.8. The highest BCUT2D eigenvalue weighted by atomic mass is 127. The molecule has 2 aromatic rings. The van der Waals surface area contributed by atoms with Crippen molar-refractivity contribution < 1.29 is 0 Å². The number of nitrogens with zero attached hydrogens (tertiary/aromatic N) is 3. The van der Waals surface area contributed by atoms with E-state index in [1.165, 1.54) is 11.1 Å². The molecule has 5 heteroatoms. The molecule has 1 aromatic carbocycles. The van der Waals surface area contributed by atoms with E-state index in [0.717, 1.165) is 19.0 Å². The van der Waals surface area contributed by atoms with E-state index in [1.807, 2.05) is 25.4 Å². The SMILES string of the molecule is CN(Cc1cccnc1)C1=NCC(c2ccccc2)N1.I. The smallest absolute Gasteiger partial charge is 0.194 e. The maximum absolute atomic E-state index is 4.60. The first-order valence-corrected chi connectivity index (χ1v) is 6.79. The van der Waals surface area contributed by atoms with Crippen molar-refractivity contribution in [2.45, 2.75) is 12.6 Å². The number of aromatic nitrogens is 1. The number of guanidine groups is 1. The summed E-state index contributed by atoms with van der Waals surface area (Å²) in [5.74, 6) is 0.947. The Morgan fingerprint density at radius 2 is 2.00 bits per heavy atom. The second-order valence-electron chi connectivity index (χ2n) is 4.99. The van der Waals surface area contributed by atoms with Crippen molar-refractivity contribution >= 4 is 29.9 Å². The van der Waals surface area contributed by atoms with E-state index in [2.05, 4.69) is 50.5 Å². The fraction of sp³-hybridized carbons (Fsp3) is 0.250. The van der Waals surface area contributed by atoms with E-state index in [9.17, 15) is 0 Å². The fourth-order valence-corrected chi connectivity index (χ4v) is 2.37. The second-order valence-corrected chi connectivity index (χ2v) is 4.99. The Morgan fingerprint density at radius 3 is 2.71 bits per heavy atom. The first-order valence-electron chi connectivity index (χ1n) is 6.79. The van der Waals surface area contributed by atoms with Gasteiger partial charge in [0, 0.05) is 26.0 Å². The third kappa shape index (κ3) is 3.93. The third-order valence-corrected chi connectivity index (χ3v) is 3.43. The largest absolute Gasteiger partial charge is 0.348 e. The summed E-state index contributed by atoms with van der Waals surface area (Å²) in [6.07, 6.45) is 3.68. The van der Waals surface area contributed by atoms with E-state index in [-0.39, 0.29) is 30.0 Å². The predicted octanol–water partition coefficient (Wildman–Crippen LogP) is 2.83. The maximum Gasteiger partial charge on any atom is 0.194 e. The molecule has 1 atom stereocenters. The minimum Gasteiger partial charge on any atom is -0.348 e. The van der Waals surface area contributed by atoms with Crippen LogP contribution >= 0.6 is 24.0 Å². The van der Waals surface area contributed by atoms with Crippen molar-refractivity contribution in [1.29, 1.82) is 0 Å². The van der Waals surface area contributed by atoms with E-state index >= 15 is 0 Å². The molecule has 0 amide bonds. The van der Waals surface area contributed by atoms with Gasteiger partial charge in [0.05, 0.1) is 12.6 Å². The van der Waals surface area contributed by atoms with Crippen LogP contribution in [-0.2, 0) is 6.54 Å². The summed E-state index contributed by atoms with van der Waals surface area (Å²) in [7, 11) is 2.05. The van der Waals surface area contributed by atoms with Crippen molar-refractivity contribution in [3.05, 3.63) is 66.0 Å². The Morgan fingerprint density at radius 1 is 1.19 bits per heavy atom. The number of halogens is 1. The van der Waals surface area contributed by atoms with E-state index in [1.54, 1.807) is 6.20 Å². The highest BCUT2D eigenvalue weighted by Gasteiger charge is 2.21. The molecule has 0 aliphatic carbocycles. The van der Waals surface area contributed by atoms with Gasteiger partial charge in [0.15, 0.2) is 5.96 Å². The summed E-state index contributed by atoms with van der Waals surface area (Å²) in [6.45, 7) is 1.60. The van der Waals surface area contributed by atoms with Gasteiger partial charge in [-0.15, -0.1) is 24.0 Å². The minimum atomic E-state index is 0. The van der Waals surface area contributed by atoms with Crippen LogP contribution in [0.2, 0.25) is 0 Å². The molecule has 0 radical (unpaired) electrons. The van der Waals surface area contributed by atoms with Crippen LogP contribution in [0.15, 0.2) is 59.9 Å². The van der Waals surface area contributed by atoms with Gasteiger partial charge in [0.2, 0.25) is 0 Å². The standard InChI is InChI=1S/C16H18N4.HI/c1-20(12-13-6-5-9-17-10-13)16-18-11-15(19-16)14-7-3-2-4-8-14;/h2-10,15H,11-12H2,1H3,(H,18,19);1H. The zero-order valence-electron chi connectivity index (χ0n) is 11.9. The number of aliphatic imine (C=N–C) groups is 1. The third-order valence-electron chi connectivity index (χ3n) is 3.43. The number of nitrogens with one attached hydrogen (secondary N) is 1. The lowest BCUT2D eigenvalue weighted by atomic mass is 10.1. The van der Waals surface area contributed by atoms with Crippen LogP contribution < -0.4 is 5.32 Å². The van der Waals surface area contributed by atoms with Crippen LogP contribution in [0.4, 0.5) is 0 Å². The van der Waals surface area contributed by atoms with Gasteiger partial charge < -0.3 is 10.2 Å². The maximum atomic E-state index is 4.60. The predicted molar refractivity (Wildman–Crippen MR) is 95.7 cm³/mol. The zero-order valence-corrected chi connectivity index (χ0v) is 14.3. The molecule has 1 N–H and O–H groups in total. The van der Waals surface area contributed by atoms with Gasteiger partial charge in [-0.25, -0.2) is 0 Å². The number of rotatable bonds is 3. The normalized spacial score (nSPS) is 16.6. The minimum absolute atomic E-state index is 0. The van der Waals surface area contributed by atoms with Gasteiger partial charge in [-0.05, 0) is 17.2 Å². The highest BCUT2D eigenvalue weighted by molar-refractivity contribution is 14.0. The summed E-state index contributed by atoms with van der Waals surface area (Å²) in [5.41, 5.74) is 2.46. The fourth-order valence-electron chi connectivity index (χ4n) is 2.37. The van der Waals surface area contributed by atoms with Gasteiger partial charge in [-0.1, -0.05) is 36.4 Å². The van der Waals surface area contributed by atoms with E-state index < -0.39 is 0 Å². The number of pyridine rings is 1. The topological polar surface area (TPSA) is 40.5 Å². The number of hydrogen-bond donors (Lipinski definition) is 1. The molecule has 4 nitrogen and oxygen atoms in total. The van der Waals surface area contributed by atoms with Gasteiger partial charge in [-0.3, -0.25) is 9.98 Å². The molecule has 0 bridgehead atoms. The monoisotopic (exact) mass is 394 g/mol. The molecule has 0 saturated carbocycles. The Hall–Kier alpha value is -1.63. The lowest BCUT2D eigenvalue weighted by molar-refractivity contribution is 0.479. The zero-order chi connectivity index (χ0) is 13.8. The molecule has 1 aliphatic heterocycles. The molecule has 0 saturated heterocycles. The summed E-state index contributed by atoms with van der Waals surface area (Å²) in [6, 6.07) is 14.8. The molecule has 0 fully saturated rings. The van der Waals surface area contributed by atoms with Crippen LogP contribution in [0.5, 0.6) is 0 Å². The Labute approximate surface area is 142 Å². The molecule has 3 rings (SSSR count). The molecule has 110 valence electrons. The summed E-state index contributed by atoms with van der Waals surface area (Å²) in [4.78, 5) is 10.9.